The molecule has 172 valence electrons. The van der Waals surface area contributed by atoms with E-state index in [9.17, 15) is 9.18 Å². The Morgan fingerprint density at radius 2 is 1.74 bits per heavy atom. The lowest BCUT2D eigenvalue weighted by molar-refractivity contribution is -0.122. The number of carbonyl (C=O) groups excluding carboxylic acids is 1. The number of amides is 1. The zero-order valence-corrected chi connectivity index (χ0v) is 19.6. The standard InChI is InChI=1S/C21H26FN5O.3ClH/c22-17-3-5-18(6-4-17)26-10-12-27(13-11-26)20-14-16(7-9-24-20)15-25-21(28)19-2-1-8-23-19;;;/h3-7,9,14,19,23H,1-2,8,10-13,15H2,(H,25,28);3*1H. The fourth-order valence-electron chi connectivity index (χ4n) is 3.81. The molecule has 4 rings (SSSR count). The number of hydrogen-bond acceptors (Lipinski definition) is 5. The van der Waals surface area contributed by atoms with Gasteiger partial charge in [0, 0.05) is 44.6 Å². The maximum absolute atomic E-state index is 13.1. The van der Waals surface area contributed by atoms with Crippen LogP contribution in [0.5, 0.6) is 0 Å². The molecule has 1 unspecified atom stereocenters. The third-order valence-corrected chi connectivity index (χ3v) is 5.45. The van der Waals surface area contributed by atoms with Gasteiger partial charge in [0.05, 0.1) is 6.04 Å². The molecular weight excluding hydrogens is 464 g/mol. The first-order chi connectivity index (χ1) is 13.7. The lowest BCUT2D eigenvalue weighted by atomic mass is 10.2. The van der Waals surface area contributed by atoms with E-state index < -0.39 is 0 Å². The highest BCUT2D eigenvalue weighted by Gasteiger charge is 2.22. The van der Waals surface area contributed by atoms with Gasteiger partial charge in [0.1, 0.15) is 11.6 Å². The summed E-state index contributed by atoms with van der Waals surface area (Å²) in [6.07, 6.45) is 3.77. The van der Waals surface area contributed by atoms with Crippen molar-refractivity contribution in [3.05, 3.63) is 54.0 Å². The van der Waals surface area contributed by atoms with Crippen molar-refractivity contribution in [1.29, 1.82) is 0 Å². The SMILES string of the molecule is Cl.Cl.Cl.O=C(NCc1ccnc(N2CCN(c3ccc(F)cc3)CC2)c1)C1CCCN1. The largest absolute Gasteiger partial charge is 0.368 e. The molecule has 2 N–H and O–H groups in total. The molecule has 1 amide bonds. The molecule has 31 heavy (non-hydrogen) atoms. The molecule has 1 atom stereocenters. The van der Waals surface area contributed by atoms with Gasteiger partial charge in [-0.05, 0) is 61.3 Å². The molecule has 0 bridgehead atoms. The monoisotopic (exact) mass is 491 g/mol. The molecule has 1 aromatic carbocycles. The van der Waals surface area contributed by atoms with E-state index >= 15 is 0 Å². The van der Waals surface area contributed by atoms with Crippen LogP contribution in [0.4, 0.5) is 15.9 Å². The van der Waals surface area contributed by atoms with Crippen molar-refractivity contribution < 1.29 is 9.18 Å². The molecule has 0 radical (unpaired) electrons. The molecule has 2 aliphatic heterocycles. The number of hydrogen-bond donors (Lipinski definition) is 2. The van der Waals surface area contributed by atoms with Gasteiger partial charge in [-0.2, -0.15) is 0 Å². The van der Waals surface area contributed by atoms with Crippen LogP contribution in [0.1, 0.15) is 18.4 Å². The number of anilines is 2. The average Bonchev–Trinajstić information content (AvgIpc) is 3.28. The maximum atomic E-state index is 13.1. The Hall–Kier alpha value is -1.80. The minimum atomic E-state index is -0.209. The topological polar surface area (TPSA) is 60.5 Å². The summed E-state index contributed by atoms with van der Waals surface area (Å²) in [5.74, 6) is 0.799. The second-order valence-corrected chi connectivity index (χ2v) is 7.34. The Bertz CT molecular complexity index is 813. The Morgan fingerprint density at radius 1 is 1.06 bits per heavy atom. The first-order valence-electron chi connectivity index (χ1n) is 9.90. The lowest BCUT2D eigenvalue weighted by Gasteiger charge is -2.36. The van der Waals surface area contributed by atoms with E-state index in [1.54, 1.807) is 6.20 Å². The molecule has 1 aromatic heterocycles. The minimum absolute atomic E-state index is 0. The highest BCUT2D eigenvalue weighted by Crippen LogP contribution is 2.20. The van der Waals surface area contributed by atoms with Crippen LogP contribution in [0, 0.1) is 5.82 Å². The van der Waals surface area contributed by atoms with E-state index in [4.69, 9.17) is 0 Å². The van der Waals surface area contributed by atoms with E-state index in [2.05, 4.69) is 31.5 Å². The molecular formula is C21H29Cl3FN5O. The molecule has 0 spiro atoms. The van der Waals surface area contributed by atoms with Crippen LogP contribution in [0.2, 0.25) is 0 Å². The number of benzene rings is 1. The predicted octanol–water partition coefficient (Wildman–Crippen LogP) is 3.18. The van der Waals surface area contributed by atoms with Crippen molar-refractivity contribution in [2.45, 2.75) is 25.4 Å². The maximum Gasteiger partial charge on any atom is 0.237 e. The highest BCUT2D eigenvalue weighted by atomic mass is 35.5. The first kappa shape index (κ1) is 27.2. The second-order valence-electron chi connectivity index (χ2n) is 7.34. The fraction of sp³-hybridized carbons (Fsp3) is 0.429. The van der Waals surface area contributed by atoms with Gasteiger partial charge >= 0.3 is 0 Å². The van der Waals surface area contributed by atoms with Crippen LogP contribution in [0.3, 0.4) is 0 Å². The highest BCUT2D eigenvalue weighted by molar-refractivity contribution is 5.86. The van der Waals surface area contributed by atoms with Crippen molar-refractivity contribution in [3.63, 3.8) is 0 Å². The van der Waals surface area contributed by atoms with Gasteiger partial charge in [-0.25, -0.2) is 9.37 Å². The molecule has 2 aliphatic rings. The van der Waals surface area contributed by atoms with E-state index in [-0.39, 0.29) is 55.0 Å². The summed E-state index contributed by atoms with van der Waals surface area (Å²) in [4.78, 5) is 21.2. The number of rotatable bonds is 5. The normalized spacial score (nSPS) is 17.8. The van der Waals surface area contributed by atoms with Crippen molar-refractivity contribution in [1.82, 2.24) is 15.6 Å². The van der Waals surface area contributed by atoms with Crippen LogP contribution in [0.15, 0.2) is 42.6 Å². The molecule has 2 saturated heterocycles. The Balaban J connectivity index is 0.00000160. The fourth-order valence-corrected chi connectivity index (χ4v) is 3.81. The van der Waals surface area contributed by atoms with Crippen LogP contribution in [-0.2, 0) is 11.3 Å². The minimum Gasteiger partial charge on any atom is -0.368 e. The predicted molar refractivity (Wildman–Crippen MR) is 130 cm³/mol. The molecule has 0 saturated carbocycles. The molecule has 6 nitrogen and oxygen atoms in total. The number of nitrogens with zero attached hydrogens (tertiary/aromatic N) is 3. The van der Waals surface area contributed by atoms with Crippen molar-refractivity contribution in [2.24, 2.45) is 0 Å². The van der Waals surface area contributed by atoms with E-state index in [0.29, 0.717) is 6.54 Å². The van der Waals surface area contributed by atoms with E-state index in [0.717, 1.165) is 62.6 Å². The summed E-state index contributed by atoms with van der Waals surface area (Å²) >= 11 is 0. The summed E-state index contributed by atoms with van der Waals surface area (Å²) in [6, 6.07) is 10.6. The quantitative estimate of drug-likeness (QED) is 0.671. The van der Waals surface area contributed by atoms with Gasteiger partial charge in [-0.1, -0.05) is 0 Å². The van der Waals surface area contributed by atoms with Gasteiger partial charge in [0.25, 0.3) is 0 Å². The zero-order chi connectivity index (χ0) is 19.3. The number of nitrogens with one attached hydrogen (secondary N) is 2. The third kappa shape index (κ3) is 7.10. The number of aromatic nitrogens is 1. The Kier molecular flexibility index (Phi) is 11.3. The molecule has 3 heterocycles. The number of halogens is 4. The van der Waals surface area contributed by atoms with Crippen molar-refractivity contribution in [3.8, 4) is 0 Å². The third-order valence-electron chi connectivity index (χ3n) is 5.45. The average molecular weight is 493 g/mol. The number of carbonyl (C=O) groups is 1. The van der Waals surface area contributed by atoms with Gasteiger partial charge in [0.2, 0.25) is 5.91 Å². The number of pyridine rings is 1. The summed E-state index contributed by atoms with van der Waals surface area (Å²) < 4.78 is 13.1. The van der Waals surface area contributed by atoms with Gasteiger partial charge in [-0.15, -0.1) is 37.2 Å². The van der Waals surface area contributed by atoms with E-state index in [1.807, 2.05) is 18.2 Å². The van der Waals surface area contributed by atoms with Crippen LogP contribution < -0.4 is 20.4 Å². The number of piperazine rings is 1. The summed E-state index contributed by atoms with van der Waals surface area (Å²) in [5, 5.41) is 6.24. The summed E-state index contributed by atoms with van der Waals surface area (Å²) in [7, 11) is 0. The van der Waals surface area contributed by atoms with Gasteiger partial charge < -0.3 is 20.4 Å². The summed E-state index contributed by atoms with van der Waals surface area (Å²) in [6.45, 7) is 4.87. The zero-order valence-electron chi connectivity index (χ0n) is 17.1. The van der Waals surface area contributed by atoms with Crippen LogP contribution in [0.25, 0.3) is 0 Å². The second kappa shape index (κ2) is 12.9. The van der Waals surface area contributed by atoms with Crippen molar-refractivity contribution in [2.75, 3.05) is 42.5 Å². The Labute approximate surface area is 201 Å². The molecule has 10 heteroatoms. The van der Waals surface area contributed by atoms with Crippen LogP contribution in [-0.4, -0.2) is 49.7 Å². The Morgan fingerprint density at radius 3 is 2.39 bits per heavy atom. The molecule has 2 aromatic rings. The van der Waals surface area contributed by atoms with Crippen molar-refractivity contribution >= 4 is 54.6 Å². The summed E-state index contributed by atoms with van der Waals surface area (Å²) in [5.41, 5.74) is 2.10. The first-order valence-corrected chi connectivity index (χ1v) is 9.90. The van der Waals surface area contributed by atoms with Gasteiger partial charge in [-0.3, -0.25) is 4.79 Å². The molecule has 2 fully saturated rings. The van der Waals surface area contributed by atoms with Gasteiger partial charge in [0.15, 0.2) is 0 Å². The van der Waals surface area contributed by atoms with E-state index in [1.165, 1.54) is 12.1 Å². The molecule has 0 aliphatic carbocycles. The van der Waals surface area contributed by atoms with Crippen LogP contribution >= 0.6 is 37.2 Å². The smallest absolute Gasteiger partial charge is 0.237 e. The lowest BCUT2D eigenvalue weighted by Crippen LogP contribution is -2.46.